The molecular weight excluding hydrogens is 404 g/mol. The van der Waals surface area contributed by atoms with Crippen LogP contribution in [0.4, 0.5) is 5.69 Å². The van der Waals surface area contributed by atoms with Crippen molar-refractivity contribution in [1.29, 1.82) is 0 Å². The van der Waals surface area contributed by atoms with Gasteiger partial charge < -0.3 is 23.7 Å². The first-order chi connectivity index (χ1) is 15.5. The maximum Gasteiger partial charge on any atom is 0.246 e. The summed E-state index contributed by atoms with van der Waals surface area (Å²) in [6.45, 7) is 9.41. The monoisotopic (exact) mass is 434 g/mol. The number of carbonyl (C=O) groups excluding carboxylic acids is 1. The van der Waals surface area contributed by atoms with Crippen molar-refractivity contribution in [3.63, 3.8) is 0 Å². The number of amides is 1. The Kier molecular flexibility index (Phi) is 6.40. The Morgan fingerprint density at radius 1 is 1.16 bits per heavy atom. The Morgan fingerprint density at radius 2 is 1.94 bits per heavy atom. The molecule has 1 fully saturated rings. The van der Waals surface area contributed by atoms with Gasteiger partial charge in [0.1, 0.15) is 17.1 Å². The number of ether oxygens (including phenoxy) is 2. The average molecular weight is 435 g/mol. The summed E-state index contributed by atoms with van der Waals surface area (Å²) in [4.78, 5) is 17.2. The van der Waals surface area contributed by atoms with Crippen LogP contribution in [-0.4, -0.2) is 50.7 Å². The number of methoxy groups -OCH3 is 1. The predicted octanol–water partition coefficient (Wildman–Crippen LogP) is 4.90. The second-order valence-corrected chi connectivity index (χ2v) is 8.04. The van der Waals surface area contributed by atoms with E-state index >= 15 is 0 Å². The van der Waals surface area contributed by atoms with Crippen LogP contribution in [0.15, 0.2) is 53.2 Å². The van der Waals surface area contributed by atoms with E-state index in [2.05, 4.69) is 17.0 Å². The van der Waals surface area contributed by atoms with Gasteiger partial charge in [0.05, 0.1) is 20.0 Å². The normalized spacial score (nSPS) is 14.7. The highest BCUT2D eigenvalue weighted by molar-refractivity contribution is 5.97. The number of nitrogens with zero attached hydrogens (tertiary/aromatic N) is 2. The largest absolute Gasteiger partial charge is 0.497 e. The first kappa shape index (κ1) is 21.8. The van der Waals surface area contributed by atoms with Crippen molar-refractivity contribution in [2.24, 2.45) is 0 Å². The van der Waals surface area contributed by atoms with E-state index in [0.717, 1.165) is 57.9 Å². The van der Waals surface area contributed by atoms with Crippen molar-refractivity contribution in [3.05, 3.63) is 59.9 Å². The first-order valence-corrected chi connectivity index (χ1v) is 11.0. The minimum absolute atomic E-state index is 0.0271. The van der Waals surface area contributed by atoms with Crippen molar-refractivity contribution in [3.8, 4) is 11.5 Å². The molecule has 4 rings (SSSR count). The molecule has 6 nitrogen and oxygen atoms in total. The average Bonchev–Trinajstić information content (AvgIpc) is 3.18. The van der Waals surface area contributed by atoms with Crippen LogP contribution in [-0.2, 0) is 4.79 Å². The molecule has 0 unspecified atom stereocenters. The van der Waals surface area contributed by atoms with E-state index in [-0.39, 0.29) is 5.91 Å². The fourth-order valence-corrected chi connectivity index (χ4v) is 4.11. The van der Waals surface area contributed by atoms with Gasteiger partial charge in [0.15, 0.2) is 0 Å². The van der Waals surface area contributed by atoms with Crippen LogP contribution in [0, 0.1) is 6.92 Å². The molecule has 32 heavy (non-hydrogen) atoms. The molecule has 0 atom stereocenters. The number of furan rings is 1. The minimum Gasteiger partial charge on any atom is -0.497 e. The van der Waals surface area contributed by atoms with Gasteiger partial charge in [-0.25, -0.2) is 0 Å². The van der Waals surface area contributed by atoms with E-state index in [1.807, 2.05) is 49.9 Å². The Bertz CT molecular complexity index is 1140. The highest BCUT2D eigenvalue weighted by Crippen LogP contribution is 2.33. The van der Waals surface area contributed by atoms with Gasteiger partial charge >= 0.3 is 0 Å². The fourth-order valence-electron chi connectivity index (χ4n) is 4.11. The Labute approximate surface area is 189 Å². The number of anilines is 1. The number of rotatable bonds is 6. The van der Waals surface area contributed by atoms with E-state index in [1.54, 1.807) is 19.4 Å². The quantitative estimate of drug-likeness (QED) is 0.517. The molecule has 0 spiro atoms. The summed E-state index contributed by atoms with van der Waals surface area (Å²) in [6.07, 6.45) is 3.47. The second-order valence-electron chi connectivity index (χ2n) is 8.04. The third kappa shape index (κ3) is 4.44. The molecule has 3 aromatic rings. The molecule has 0 bridgehead atoms. The molecule has 0 saturated carbocycles. The van der Waals surface area contributed by atoms with Gasteiger partial charge in [0.25, 0.3) is 0 Å². The number of hydrogen-bond donors (Lipinski definition) is 0. The minimum atomic E-state index is 0.0271. The SMILES string of the molecule is CCOc1cc2occ(C)c2cc1/C(C)=C/C(=O)N1CCN(c2cccc(OC)c2)CC1. The fraction of sp³-hybridized carbons (Fsp3) is 0.346. The zero-order valence-corrected chi connectivity index (χ0v) is 19.2. The van der Waals surface area contributed by atoms with Crippen molar-refractivity contribution in [1.82, 2.24) is 4.90 Å². The first-order valence-electron chi connectivity index (χ1n) is 11.0. The molecule has 0 radical (unpaired) electrons. The lowest BCUT2D eigenvalue weighted by molar-refractivity contribution is -0.126. The van der Waals surface area contributed by atoms with Gasteiger partial charge in [0.2, 0.25) is 5.91 Å². The highest BCUT2D eigenvalue weighted by atomic mass is 16.5. The van der Waals surface area contributed by atoms with Crippen molar-refractivity contribution >= 4 is 28.1 Å². The predicted molar refractivity (Wildman–Crippen MR) is 128 cm³/mol. The molecule has 0 aliphatic carbocycles. The smallest absolute Gasteiger partial charge is 0.246 e. The van der Waals surface area contributed by atoms with Crippen LogP contribution in [0.3, 0.4) is 0 Å². The standard InChI is InChI=1S/C26H30N2O4/c1-5-31-24-16-25-23(19(3)17-32-25)15-22(24)18(2)13-26(29)28-11-9-27(10-12-28)20-7-6-8-21(14-20)30-4/h6-8,13-17H,5,9-12H2,1-4H3/b18-13+. The summed E-state index contributed by atoms with van der Waals surface area (Å²) >= 11 is 0. The Morgan fingerprint density at radius 3 is 2.66 bits per heavy atom. The molecule has 168 valence electrons. The van der Waals surface area contributed by atoms with Gasteiger partial charge in [0, 0.05) is 61.0 Å². The van der Waals surface area contributed by atoms with Crippen LogP contribution < -0.4 is 14.4 Å². The molecule has 2 aromatic carbocycles. The summed E-state index contributed by atoms with van der Waals surface area (Å²) in [7, 11) is 1.67. The lowest BCUT2D eigenvalue weighted by Gasteiger charge is -2.35. The third-order valence-corrected chi connectivity index (χ3v) is 5.94. The number of hydrogen-bond acceptors (Lipinski definition) is 5. The number of carbonyl (C=O) groups is 1. The Hall–Kier alpha value is -3.41. The van der Waals surface area contributed by atoms with Crippen LogP contribution in [0.5, 0.6) is 11.5 Å². The summed E-state index contributed by atoms with van der Waals surface area (Å²) in [5.41, 5.74) is 4.79. The topological polar surface area (TPSA) is 55.2 Å². The van der Waals surface area contributed by atoms with Crippen LogP contribution in [0.2, 0.25) is 0 Å². The molecular formula is C26H30N2O4. The summed E-state index contributed by atoms with van der Waals surface area (Å²) in [6, 6.07) is 12.0. The molecule has 2 heterocycles. The van der Waals surface area contributed by atoms with Gasteiger partial charge in [-0.15, -0.1) is 0 Å². The second kappa shape index (κ2) is 9.39. The van der Waals surface area contributed by atoms with Crippen molar-refractivity contribution < 1.29 is 18.7 Å². The molecule has 0 N–H and O–H groups in total. The van der Waals surface area contributed by atoms with Gasteiger partial charge in [-0.05, 0) is 50.1 Å². The Balaban J connectivity index is 1.49. The maximum atomic E-state index is 13.0. The van der Waals surface area contributed by atoms with Gasteiger partial charge in [-0.2, -0.15) is 0 Å². The highest BCUT2D eigenvalue weighted by Gasteiger charge is 2.21. The third-order valence-electron chi connectivity index (χ3n) is 5.94. The van der Waals surface area contributed by atoms with Crippen molar-refractivity contribution in [2.45, 2.75) is 20.8 Å². The van der Waals surface area contributed by atoms with Gasteiger partial charge in [-0.3, -0.25) is 4.79 Å². The molecule has 6 heteroatoms. The molecule has 1 aliphatic rings. The summed E-state index contributed by atoms with van der Waals surface area (Å²) in [5, 5.41) is 1.04. The summed E-state index contributed by atoms with van der Waals surface area (Å²) in [5.74, 6) is 1.60. The zero-order valence-electron chi connectivity index (χ0n) is 19.2. The summed E-state index contributed by atoms with van der Waals surface area (Å²) < 4.78 is 16.8. The van der Waals surface area contributed by atoms with E-state index in [9.17, 15) is 4.79 Å². The number of piperazine rings is 1. The number of fused-ring (bicyclic) bond motifs is 1. The van der Waals surface area contributed by atoms with E-state index in [0.29, 0.717) is 19.7 Å². The van der Waals surface area contributed by atoms with Crippen LogP contribution in [0.1, 0.15) is 25.0 Å². The molecule has 1 saturated heterocycles. The van der Waals surface area contributed by atoms with Crippen LogP contribution in [0.25, 0.3) is 16.5 Å². The zero-order chi connectivity index (χ0) is 22.7. The maximum absolute atomic E-state index is 13.0. The molecule has 1 aromatic heterocycles. The lowest BCUT2D eigenvalue weighted by Crippen LogP contribution is -2.48. The van der Waals surface area contributed by atoms with Crippen molar-refractivity contribution in [2.75, 3.05) is 44.8 Å². The molecule has 1 aliphatic heterocycles. The van der Waals surface area contributed by atoms with E-state index in [4.69, 9.17) is 13.9 Å². The number of allylic oxidation sites excluding steroid dienone is 1. The molecule has 1 amide bonds. The number of benzene rings is 2. The number of aryl methyl sites for hydroxylation is 1. The van der Waals surface area contributed by atoms with Crippen LogP contribution >= 0.6 is 0 Å². The van der Waals surface area contributed by atoms with Gasteiger partial charge in [-0.1, -0.05) is 6.07 Å². The van der Waals surface area contributed by atoms with E-state index < -0.39 is 0 Å². The van der Waals surface area contributed by atoms with E-state index in [1.165, 1.54) is 0 Å². The lowest BCUT2D eigenvalue weighted by atomic mass is 10.0.